The van der Waals surface area contributed by atoms with Crippen LogP contribution >= 0.6 is 0 Å². The van der Waals surface area contributed by atoms with E-state index in [2.05, 4.69) is 5.10 Å². The van der Waals surface area contributed by atoms with Gasteiger partial charge in [-0.3, -0.25) is 9.59 Å². The summed E-state index contributed by atoms with van der Waals surface area (Å²) < 4.78 is 28.9. The van der Waals surface area contributed by atoms with Gasteiger partial charge in [0.2, 0.25) is 0 Å². The molecule has 0 amide bonds. The minimum absolute atomic E-state index is 0.0437. The fraction of sp³-hybridized carbons (Fsp3) is 0.353. The molecule has 1 aliphatic rings. The third-order valence-corrected chi connectivity index (χ3v) is 4.10. The Morgan fingerprint density at radius 2 is 1.87 bits per heavy atom. The Morgan fingerprint density at radius 1 is 1.13 bits per heavy atom. The van der Waals surface area contributed by atoms with Crippen molar-refractivity contribution in [2.75, 3.05) is 0 Å². The second-order valence-electron chi connectivity index (χ2n) is 5.84. The van der Waals surface area contributed by atoms with Crippen molar-refractivity contribution in [2.45, 2.75) is 32.2 Å². The van der Waals surface area contributed by atoms with Crippen LogP contribution in [0.25, 0.3) is 11.3 Å². The second kappa shape index (κ2) is 6.40. The van der Waals surface area contributed by atoms with Crippen LogP contribution in [-0.4, -0.2) is 15.6 Å². The fourth-order valence-corrected chi connectivity index (χ4v) is 2.97. The Kier molecular flexibility index (Phi) is 4.32. The van der Waals surface area contributed by atoms with Gasteiger partial charge in [-0.1, -0.05) is 6.07 Å². The van der Waals surface area contributed by atoms with Crippen molar-refractivity contribution in [1.29, 1.82) is 0 Å². The molecule has 0 radical (unpaired) electrons. The predicted molar refractivity (Wildman–Crippen MR) is 80.8 cm³/mol. The average Bonchev–Trinajstić information content (AvgIpc) is 2.50. The van der Waals surface area contributed by atoms with Gasteiger partial charge in [0, 0.05) is 25.5 Å². The molecule has 0 aliphatic heterocycles. The number of halogens is 2. The Morgan fingerprint density at radius 3 is 2.57 bits per heavy atom. The maximum absolute atomic E-state index is 13.9. The van der Waals surface area contributed by atoms with Crippen LogP contribution in [0.3, 0.4) is 0 Å². The van der Waals surface area contributed by atoms with E-state index in [4.69, 9.17) is 0 Å². The molecule has 0 bridgehead atoms. The number of nitrogens with zero attached hydrogens (tertiary/aromatic N) is 2. The molecule has 23 heavy (non-hydrogen) atoms. The number of benzene rings is 1. The number of hydrogen-bond acceptors (Lipinski definition) is 3. The van der Waals surface area contributed by atoms with Crippen LogP contribution in [0.2, 0.25) is 0 Å². The molecule has 1 unspecified atom stereocenters. The molecule has 3 rings (SSSR count). The van der Waals surface area contributed by atoms with E-state index < -0.39 is 11.6 Å². The first-order valence-corrected chi connectivity index (χ1v) is 7.59. The molecule has 4 nitrogen and oxygen atoms in total. The second-order valence-corrected chi connectivity index (χ2v) is 5.84. The maximum atomic E-state index is 13.9. The number of hydrogen-bond donors (Lipinski definition) is 0. The third kappa shape index (κ3) is 3.36. The summed E-state index contributed by atoms with van der Waals surface area (Å²) in [6.45, 7) is 0.286. The quantitative estimate of drug-likeness (QED) is 0.874. The highest BCUT2D eigenvalue weighted by Crippen LogP contribution is 2.25. The van der Waals surface area contributed by atoms with Crippen LogP contribution in [0.15, 0.2) is 35.1 Å². The molecule has 2 aromatic rings. The fourth-order valence-electron chi connectivity index (χ4n) is 2.97. The normalized spacial score (nSPS) is 18.2. The number of aromatic nitrogens is 2. The van der Waals surface area contributed by atoms with Gasteiger partial charge in [0.05, 0.1) is 11.3 Å². The number of carbonyl (C=O) groups is 1. The van der Waals surface area contributed by atoms with Gasteiger partial charge < -0.3 is 0 Å². The van der Waals surface area contributed by atoms with E-state index in [9.17, 15) is 18.4 Å². The zero-order valence-electron chi connectivity index (χ0n) is 12.5. The molecular weight excluding hydrogens is 302 g/mol. The van der Waals surface area contributed by atoms with Crippen LogP contribution in [0, 0.1) is 17.6 Å². The molecule has 0 saturated heterocycles. The summed E-state index contributed by atoms with van der Waals surface area (Å²) in [5.74, 6) is -1.22. The SMILES string of the molecule is O=C1CCCC(Cn2nc(-c3c(F)cccc3F)ccc2=O)C1. The van der Waals surface area contributed by atoms with Crippen molar-refractivity contribution >= 4 is 5.78 Å². The zero-order chi connectivity index (χ0) is 16.4. The Hall–Kier alpha value is -2.37. The summed E-state index contributed by atoms with van der Waals surface area (Å²) in [7, 11) is 0. The molecule has 1 aliphatic carbocycles. The number of rotatable bonds is 3. The lowest BCUT2D eigenvalue weighted by molar-refractivity contribution is -0.121. The number of Topliss-reactive ketones (excluding diaryl/α,β-unsaturated/α-hetero) is 1. The first kappa shape index (κ1) is 15.5. The Balaban J connectivity index is 1.93. The molecule has 1 saturated carbocycles. The molecule has 1 aromatic carbocycles. The van der Waals surface area contributed by atoms with E-state index in [1.165, 1.54) is 22.9 Å². The highest BCUT2D eigenvalue weighted by atomic mass is 19.1. The summed E-state index contributed by atoms with van der Waals surface area (Å²) in [5, 5.41) is 4.10. The highest BCUT2D eigenvalue weighted by molar-refractivity contribution is 5.79. The Bertz CT molecular complexity index is 781. The van der Waals surface area contributed by atoms with Crippen LogP contribution in [0.5, 0.6) is 0 Å². The number of ketones is 1. The molecular formula is C17H16F2N2O2. The lowest BCUT2D eigenvalue weighted by Gasteiger charge is -2.21. The molecule has 0 N–H and O–H groups in total. The molecule has 1 heterocycles. The monoisotopic (exact) mass is 318 g/mol. The van der Waals surface area contributed by atoms with Crippen molar-refractivity contribution in [2.24, 2.45) is 5.92 Å². The van der Waals surface area contributed by atoms with Crippen molar-refractivity contribution in [3.8, 4) is 11.3 Å². The molecule has 0 spiro atoms. The predicted octanol–water partition coefficient (Wildman–Crippen LogP) is 2.95. The van der Waals surface area contributed by atoms with Gasteiger partial charge in [-0.2, -0.15) is 5.10 Å². The van der Waals surface area contributed by atoms with E-state index in [0.717, 1.165) is 25.0 Å². The first-order chi connectivity index (χ1) is 11.0. The highest BCUT2D eigenvalue weighted by Gasteiger charge is 2.21. The van der Waals surface area contributed by atoms with Crippen LogP contribution in [0.1, 0.15) is 25.7 Å². The van der Waals surface area contributed by atoms with E-state index in [1.54, 1.807) is 0 Å². The van der Waals surface area contributed by atoms with Crippen molar-refractivity contribution in [3.05, 3.63) is 52.3 Å². The first-order valence-electron chi connectivity index (χ1n) is 7.59. The zero-order valence-corrected chi connectivity index (χ0v) is 12.5. The largest absolute Gasteiger partial charge is 0.300 e. The maximum Gasteiger partial charge on any atom is 0.266 e. The standard InChI is InChI=1S/C17H16F2N2O2/c18-13-5-2-6-14(19)17(13)15-7-8-16(23)21(20-15)10-11-3-1-4-12(22)9-11/h2,5-8,11H,1,3-4,9-10H2. The van der Waals surface area contributed by atoms with Crippen molar-refractivity contribution in [1.82, 2.24) is 9.78 Å². The van der Waals surface area contributed by atoms with Crippen molar-refractivity contribution in [3.63, 3.8) is 0 Å². The minimum Gasteiger partial charge on any atom is -0.300 e. The van der Waals surface area contributed by atoms with E-state index in [1.807, 2.05) is 0 Å². The van der Waals surface area contributed by atoms with Crippen LogP contribution < -0.4 is 5.56 Å². The van der Waals surface area contributed by atoms with Gasteiger partial charge in [-0.15, -0.1) is 0 Å². The summed E-state index contributed by atoms with van der Waals surface area (Å²) in [6, 6.07) is 6.13. The summed E-state index contributed by atoms with van der Waals surface area (Å²) in [4.78, 5) is 23.5. The molecule has 6 heteroatoms. The number of carbonyl (C=O) groups excluding carboxylic acids is 1. The van der Waals surface area contributed by atoms with Crippen LogP contribution in [0.4, 0.5) is 8.78 Å². The lowest BCUT2D eigenvalue weighted by Crippen LogP contribution is -2.28. The van der Waals surface area contributed by atoms with Crippen molar-refractivity contribution < 1.29 is 13.6 Å². The summed E-state index contributed by atoms with van der Waals surface area (Å²) >= 11 is 0. The van der Waals surface area contributed by atoms with E-state index in [0.29, 0.717) is 12.8 Å². The van der Waals surface area contributed by atoms with Gasteiger partial charge >= 0.3 is 0 Å². The Labute approximate surface area is 131 Å². The van der Waals surface area contributed by atoms with Gasteiger partial charge in [0.15, 0.2) is 0 Å². The third-order valence-electron chi connectivity index (χ3n) is 4.10. The van der Waals surface area contributed by atoms with Gasteiger partial charge in [-0.25, -0.2) is 13.5 Å². The van der Waals surface area contributed by atoms with Gasteiger partial charge in [0.1, 0.15) is 17.4 Å². The summed E-state index contributed by atoms with van der Waals surface area (Å²) in [5.41, 5.74) is -0.521. The lowest BCUT2D eigenvalue weighted by atomic mass is 9.88. The molecule has 1 atom stereocenters. The topological polar surface area (TPSA) is 52.0 Å². The molecule has 1 aromatic heterocycles. The van der Waals surface area contributed by atoms with E-state index >= 15 is 0 Å². The molecule has 1 fully saturated rings. The van der Waals surface area contributed by atoms with E-state index in [-0.39, 0.29) is 35.1 Å². The van der Waals surface area contributed by atoms with Gasteiger partial charge in [0.25, 0.3) is 5.56 Å². The minimum atomic E-state index is -0.726. The van der Waals surface area contributed by atoms with Crippen LogP contribution in [-0.2, 0) is 11.3 Å². The smallest absolute Gasteiger partial charge is 0.266 e. The average molecular weight is 318 g/mol. The summed E-state index contributed by atoms with van der Waals surface area (Å²) in [6.07, 6.45) is 2.66. The van der Waals surface area contributed by atoms with Gasteiger partial charge in [-0.05, 0) is 37.0 Å². The molecule has 120 valence electrons.